The summed E-state index contributed by atoms with van der Waals surface area (Å²) >= 11 is 0. The number of methoxy groups -OCH3 is 1. The zero-order valence-electron chi connectivity index (χ0n) is 14.6. The van der Waals surface area contributed by atoms with Crippen LogP contribution < -0.4 is 15.4 Å². The topological polar surface area (TPSA) is 101 Å². The van der Waals surface area contributed by atoms with Crippen LogP contribution in [0.5, 0.6) is 11.5 Å². The number of amides is 2. The fourth-order valence-corrected chi connectivity index (χ4v) is 2.41. The van der Waals surface area contributed by atoms with E-state index in [0.29, 0.717) is 11.4 Å². The number of carbonyl (C=O) groups is 2. The first-order valence-corrected chi connectivity index (χ1v) is 8.16. The molecule has 3 rings (SSSR count). The Morgan fingerprint density at radius 2 is 1.85 bits per heavy atom. The number of hydrogen-bond acceptors (Lipinski definition) is 5. The molecule has 0 saturated carbocycles. The van der Waals surface area contributed by atoms with Crippen molar-refractivity contribution >= 4 is 17.5 Å². The maximum atomic E-state index is 12.2. The molecule has 1 aromatic heterocycles. The molecule has 0 saturated heterocycles. The third kappa shape index (κ3) is 4.46. The van der Waals surface area contributed by atoms with E-state index in [-0.39, 0.29) is 29.5 Å². The molecule has 3 aromatic rings. The van der Waals surface area contributed by atoms with Gasteiger partial charge in [-0.3, -0.25) is 9.59 Å². The highest BCUT2D eigenvalue weighted by Crippen LogP contribution is 2.23. The van der Waals surface area contributed by atoms with E-state index < -0.39 is 5.91 Å². The first-order chi connectivity index (χ1) is 13.1. The number of ether oxygens (including phenoxy) is 1. The molecule has 2 amide bonds. The molecule has 0 spiro atoms. The number of nitrogens with one attached hydrogen (secondary N) is 2. The van der Waals surface area contributed by atoms with Crippen LogP contribution in [0.1, 0.15) is 26.5 Å². The molecule has 2 aromatic carbocycles. The Bertz CT molecular complexity index is 934. The average Bonchev–Trinajstić information content (AvgIpc) is 3.22. The summed E-state index contributed by atoms with van der Waals surface area (Å²) in [6.07, 6.45) is 1.43. The van der Waals surface area contributed by atoms with Gasteiger partial charge in [-0.2, -0.15) is 0 Å². The molecule has 27 heavy (non-hydrogen) atoms. The van der Waals surface area contributed by atoms with Gasteiger partial charge in [-0.1, -0.05) is 12.1 Å². The van der Waals surface area contributed by atoms with Crippen LogP contribution in [-0.4, -0.2) is 24.0 Å². The largest absolute Gasteiger partial charge is 0.507 e. The zero-order chi connectivity index (χ0) is 19.2. The van der Waals surface area contributed by atoms with Gasteiger partial charge in [-0.15, -0.1) is 0 Å². The fourth-order valence-electron chi connectivity index (χ4n) is 2.41. The number of phenolic OH excluding ortho intramolecular Hbond substituents is 1. The molecule has 0 bridgehead atoms. The van der Waals surface area contributed by atoms with Crippen molar-refractivity contribution in [3.05, 3.63) is 77.7 Å². The summed E-state index contributed by atoms with van der Waals surface area (Å²) in [7, 11) is 1.48. The van der Waals surface area contributed by atoms with Crippen LogP contribution in [0.25, 0.3) is 0 Å². The Hall–Kier alpha value is -3.74. The van der Waals surface area contributed by atoms with Crippen molar-refractivity contribution in [1.29, 1.82) is 0 Å². The number of benzene rings is 2. The zero-order valence-corrected chi connectivity index (χ0v) is 14.6. The molecule has 0 unspecified atom stereocenters. The lowest BCUT2D eigenvalue weighted by Gasteiger charge is -2.09. The third-order valence-corrected chi connectivity index (χ3v) is 3.86. The van der Waals surface area contributed by atoms with Crippen molar-refractivity contribution in [2.24, 2.45) is 0 Å². The molecule has 0 atom stereocenters. The summed E-state index contributed by atoms with van der Waals surface area (Å²) in [6.45, 7) is 0.275. The van der Waals surface area contributed by atoms with Gasteiger partial charge in [0, 0.05) is 18.3 Å². The van der Waals surface area contributed by atoms with Gasteiger partial charge in [0.15, 0.2) is 5.76 Å². The molecule has 1 heterocycles. The van der Waals surface area contributed by atoms with Gasteiger partial charge in [0.05, 0.1) is 18.9 Å². The second kappa shape index (κ2) is 8.09. The minimum absolute atomic E-state index is 0.150. The maximum absolute atomic E-state index is 12.2. The fraction of sp³-hybridized carbons (Fsp3) is 0.100. The van der Waals surface area contributed by atoms with Gasteiger partial charge in [0.25, 0.3) is 11.8 Å². The Morgan fingerprint density at radius 3 is 2.48 bits per heavy atom. The Kier molecular flexibility index (Phi) is 5.41. The Balaban J connectivity index is 1.57. The van der Waals surface area contributed by atoms with Crippen LogP contribution in [-0.2, 0) is 6.54 Å². The second-order valence-corrected chi connectivity index (χ2v) is 5.69. The standard InChI is InChI=1S/C20H18N2O5/c1-26-15-8-9-16(17(23)11-15)19(24)21-12-13-4-6-14(7-5-13)22-20(25)18-3-2-10-27-18/h2-11,23H,12H2,1H3,(H,21,24)(H,22,25). The van der Waals surface area contributed by atoms with Crippen LogP contribution in [0.3, 0.4) is 0 Å². The van der Waals surface area contributed by atoms with E-state index in [9.17, 15) is 14.7 Å². The number of rotatable bonds is 6. The molecular weight excluding hydrogens is 348 g/mol. The van der Waals surface area contributed by atoms with E-state index in [1.54, 1.807) is 42.5 Å². The molecular formula is C20H18N2O5. The van der Waals surface area contributed by atoms with Gasteiger partial charge in [-0.05, 0) is 42.0 Å². The molecule has 138 valence electrons. The predicted molar refractivity (Wildman–Crippen MR) is 98.9 cm³/mol. The molecule has 0 radical (unpaired) electrons. The van der Waals surface area contributed by atoms with E-state index in [1.165, 1.54) is 25.5 Å². The molecule has 3 N–H and O–H groups in total. The lowest BCUT2D eigenvalue weighted by molar-refractivity contribution is 0.0947. The number of hydrogen-bond donors (Lipinski definition) is 3. The summed E-state index contributed by atoms with van der Waals surface area (Å²) in [5.74, 6) is -0.189. The van der Waals surface area contributed by atoms with Crippen LogP contribution in [0, 0.1) is 0 Å². The van der Waals surface area contributed by atoms with Gasteiger partial charge in [-0.25, -0.2) is 0 Å². The number of phenols is 1. The minimum atomic E-state index is -0.398. The summed E-state index contributed by atoms with van der Waals surface area (Å²) in [5, 5.41) is 15.3. The summed E-state index contributed by atoms with van der Waals surface area (Å²) in [4.78, 5) is 24.1. The van der Waals surface area contributed by atoms with E-state index in [1.807, 2.05) is 0 Å². The van der Waals surface area contributed by atoms with E-state index in [0.717, 1.165) is 5.56 Å². The summed E-state index contributed by atoms with van der Waals surface area (Å²) in [5.41, 5.74) is 1.62. The molecule has 0 fully saturated rings. The molecule has 7 heteroatoms. The maximum Gasteiger partial charge on any atom is 0.291 e. The molecule has 0 aliphatic rings. The van der Waals surface area contributed by atoms with Gasteiger partial charge < -0.3 is 24.9 Å². The van der Waals surface area contributed by atoms with Gasteiger partial charge in [0.2, 0.25) is 0 Å². The molecule has 0 aliphatic heterocycles. The second-order valence-electron chi connectivity index (χ2n) is 5.69. The predicted octanol–water partition coefficient (Wildman–Crippen LogP) is 3.18. The van der Waals surface area contributed by atoms with Crippen LogP contribution >= 0.6 is 0 Å². The van der Waals surface area contributed by atoms with Crippen molar-refractivity contribution in [1.82, 2.24) is 5.32 Å². The monoisotopic (exact) mass is 366 g/mol. The van der Waals surface area contributed by atoms with Crippen molar-refractivity contribution in [2.75, 3.05) is 12.4 Å². The van der Waals surface area contributed by atoms with Crippen molar-refractivity contribution in [3.8, 4) is 11.5 Å². The Morgan fingerprint density at radius 1 is 1.07 bits per heavy atom. The van der Waals surface area contributed by atoms with Gasteiger partial charge >= 0.3 is 0 Å². The number of furan rings is 1. The van der Waals surface area contributed by atoms with E-state index in [2.05, 4.69) is 10.6 Å². The highest BCUT2D eigenvalue weighted by molar-refractivity contribution is 6.02. The summed E-state index contributed by atoms with van der Waals surface area (Å²) < 4.78 is 10.0. The van der Waals surface area contributed by atoms with Crippen molar-refractivity contribution in [2.45, 2.75) is 6.54 Å². The normalized spacial score (nSPS) is 10.3. The number of anilines is 1. The van der Waals surface area contributed by atoms with Crippen molar-refractivity contribution in [3.63, 3.8) is 0 Å². The van der Waals surface area contributed by atoms with E-state index >= 15 is 0 Å². The lowest BCUT2D eigenvalue weighted by Crippen LogP contribution is -2.22. The highest BCUT2D eigenvalue weighted by Gasteiger charge is 2.12. The SMILES string of the molecule is COc1ccc(C(=O)NCc2ccc(NC(=O)c3ccco3)cc2)c(O)c1. The van der Waals surface area contributed by atoms with Crippen LogP contribution in [0.4, 0.5) is 5.69 Å². The first kappa shape index (κ1) is 18.1. The average molecular weight is 366 g/mol. The molecule has 0 aliphatic carbocycles. The van der Waals surface area contributed by atoms with E-state index in [4.69, 9.17) is 9.15 Å². The molecule has 7 nitrogen and oxygen atoms in total. The van der Waals surface area contributed by atoms with Crippen LogP contribution in [0.15, 0.2) is 65.3 Å². The summed E-state index contributed by atoms with van der Waals surface area (Å²) in [6, 6.07) is 14.7. The third-order valence-electron chi connectivity index (χ3n) is 3.86. The van der Waals surface area contributed by atoms with Gasteiger partial charge in [0.1, 0.15) is 11.5 Å². The minimum Gasteiger partial charge on any atom is -0.507 e. The first-order valence-electron chi connectivity index (χ1n) is 8.16. The highest BCUT2D eigenvalue weighted by atomic mass is 16.5. The lowest BCUT2D eigenvalue weighted by atomic mass is 10.1. The quantitative estimate of drug-likeness (QED) is 0.622. The smallest absolute Gasteiger partial charge is 0.291 e. The number of carbonyl (C=O) groups excluding carboxylic acids is 2. The van der Waals surface area contributed by atoms with Crippen molar-refractivity contribution < 1.29 is 23.8 Å². The number of aromatic hydroxyl groups is 1. The Labute approximate surface area is 155 Å². The van der Waals surface area contributed by atoms with Crippen LogP contribution in [0.2, 0.25) is 0 Å².